The summed E-state index contributed by atoms with van der Waals surface area (Å²) >= 11 is 2.13. The van der Waals surface area contributed by atoms with Crippen molar-refractivity contribution in [3.05, 3.63) is 15.7 Å². The molecule has 0 aliphatic rings. The summed E-state index contributed by atoms with van der Waals surface area (Å²) in [4.78, 5) is 4.18. The first kappa shape index (κ1) is 14.1. The van der Waals surface area contributed by atoms with E-state index in [2.05, 4.69) is 47.2 Å². The average Bonchev–Trinajstić information content (AvgIpc) is 2.52. The van der Waals surface area contributed by atoms with Crippen LogP contribution in [0.2, 0.25) is 25.7 Å². The maximum atomic E-state index is 9.08. The van der Waals surface area contributed by atoms with E-state index in [0.29, 0.717) is 12.6 Å². The normalized spacial score (nSPS) is 12.1. The molecule has 0 aromatic carbocycles. The third kappa shape index (κ3) is 4.94. The van der Waals surface area contributed by atoms with Crippen LogP contribution >= 0.6 is 22.6 Å². The van der Waals surface area contributed by atoms with Crippen LogP contribution in [0.5, 0.6) is 0 Å². The molecule has 1 aromatic heterocycles. The lowest BCUT2D eigenvalue weighted by Gasteiger charge is -2.15. The van der Waals surface area contributed by atoms with E-state index in [1.807, 2.05) is 10.8 Å². The van der Waals surface area contributed by atoms with E-state index in [1.165, 1.54) is 0 Å². The molecule has 0 saturated carbocycles. The number of aliphatic hydroxyl groups is 1. The number of aromatic nitrogens is 2. The largest absolute Gasteiger partial charge is 0.388 e. The number of hydrogen-bond donors (Lipinski definition) is 1. The molecular weight excluding hydrogens is 335 g/mol. The minimum absolute atomic E-state index is 0.0413. The number of rotatable bonds is 6. The van der Waals surface area contributed by atoms with Crippen molar-refractivity contribution in [1.82, 2.24) is 9.55 Å². The maximum absolute atomic E-state index is 9.08. The molecule has 6 heteroatoms. The van der Waals surface area contributed by atoms with Gasteiger partial charge in [-0.15, -0.1) is 0 Å². The van der Waals surface area contributed by atoms with Gasteiger partial charge in [-0.2, -0.15) is 0 Å². The van der Waals surface area contributed by atoms with Crippen LogP contribution in [0.25, 0.3) is 0 Å². The lowest BCUT2D eigenvalue weighted by molar-refractivity contribution is 0.0817. The standard InChI is InChI=1S/C10H19IN2O2Si/c1-16(2,3)5-4-15-8-13-6-9(11)12-10(13)7-14/h6,14H,4-5,7-8H2,1-3H3. The minimum atomic E-state index is -1.01. The molecule has 0 aliphatic carbocycles. The lowest BCUT2D eigenvalue weighted by Crippen LogP contribution is -2.22. The molecule has 0 unspecified atom stereocenters. The summed E-state index contributed by atoms with van der Waals surface area (Å²) < 4.78 is 8.33. The Morgan fingerprint density at radius 3 is 2.75 bits per heavy atom. The van der Waals surface area contributed by atoms with Gasteiger partial charge in [0.1, 0.15) is 22.9 Å². The van der Waals surface area contributed by atoms with Gasteiger partial charge in [0.2, 0.25) is 0 Å². The quantitative estimate of drug-likeness (QED) is 0.484. The summed E-state index contributed by atoms with van der Waals surface area (Å²) in [5.41, 5.74) is 0. The second-order valence-corrected chi connectivity index (χ2v) is 11.7. The molecule has 0 bridgehead atoms. The van der Waals surface area contributed by atoms with Crippen molar-refractivity contribution in [3.8, 4) is 0 Å². The molecule has 0 radical (unpaired) electrons. The van der Waals surface area contributed by atoms with E-state index in [9.17, 15) is 0 Å². The topological polar surface area (TPSA) is 47.3 Å². The lowest BCUT2D eigenvalue weighted by atomic mass is 10.6. The van der Waals surface area contributed by atoms with Crippen molar-refractivity contribution < 1.29 is 9.84 Å². The van der Waals surface area contributed by atoms with Gasteiger partial charge in [0.15, 0.2) is 0 Å². The van der Waals surface area contributed by atoms with Crippen LogP contribution < -0.4 is 0 Å². The van der Waals surface area contributed by atoms with Crippen molar-refractivity contribution in [2.24, 2.45) is 0 Å². The molecule has 16 heavy (non-hydrogen) atoms. The number of aliphatic hydroxyl groups excluding tert-OH is 1. The Morgan fingerprint density at radius 2 is 2.19 bits per heavy atom. The van der Waals surface area contributed by atoms with Crippen LogP contribution in [-0.2, 0) is 18.1 Å². The number of halogens is 1. The van der Waals surface area contributed by atoms with Gasteiger partial charge in [0.25, 0.3) is 0 Å². The van der Waals surface area contributed by atoms with Gasteiger partial charge in [-0.1, -0.05) is 19.6 Å². The van der Waals surface area contributed by atoms with Crippen LogP contribution in [0.15, 0.2) is 6.20 Å². The van der Waals surface area contributed by atoms with Crippen molar-refractivity contribution in [3.63, 3.8) is 0 Å². The summed E-state index contributed by atoms with van der Waals surface area (Å²) in [5.74, 6) is 0.664. The first-order chi connectivity index (χ1) is 7.42. The Morgan fingerprint density at radius 1 is 1.50 bits per heavy atom. The van der Waals surface area contributed by atoms with Gasteiger partial charge in [-0.05, 0) is 28.6 Å². The molecule has 1 N–H and O–H groups in total. The Balaban J connectivity index is 2.37. The van der Waals surface area contributed by atoms with Crippen LogP contribution in [-0.4, -0.2) is 29.3 Å². The molecule has 92 valence electrons. The SMILES string of the molecule is C[Si](C)(C)CCOCn1cc(I)nc1CO. The highest BCUT2D eigenvalue weighted by Gasteiger charge is 2.12. The second-order valence-electron chi connectivity index (χ2n) is 4.96. The predicted octanol–water partition coefficient (Wildman–Crippen LogP) is 2.29. The number of imidazole rings is 1. The summed E-state index contributed by atoms with van der Waals surface area (Å²) in [6.45, 7) is 8.22. The fourth-order valence-electron chi connectivity index (χ4n) is 1.20. The first-order valence-corrected chi connectivity index (χ1v) is 10.1. The molecule has 0 aliphatic heterocycles. The van der Waals surface area contributed by atoms with Crippen molar-refractivity contribution >= 4 is 30.7 Å². The van der Waals surface area contributed by atoms with Crippen molar-refractivity contribution in [2.45, 2.75) is 39.0 Å². The highest BCUT2D eigenvalue weighted by atomic mass is 127. The highest BCUT2D eigenvalue weighted by molar-refractivity contribution is 14.1. The van der Waals surface area contributed by atoms with Gasteiger partial charge in [-0.25, -0.2) is 4.98 Å². The van der Waals surface area contributed by atoms with Crippen LogP contribution in [0.4, 0.5) is 0 Å². The number of ether oxygens (including phenoxy) is 1. The molecular formula is C10H19IN2O2Si. The molecule has 1 aromatic rings. The minimum Gasteiger partial charge on any atom is -0.388 e. The zero-order valence-electron chi connectivity index (χ0n) is 10.0. The zero-order valence-corrected chi connectivity index (χ0v) is 13.2. The fourth-order valence-corrected chi connectivity index (χ4v) is 2.57. The molecule has 0 saturated heterocycles. The van der Waals surface area contributed by atoms with E-state index < -0.39 is 8.07 Å². The predicted molar refractivity (Wildman–Crippen MR) is 75.0 cm³/mol. The van der Waals surface area contributed by atoms with E-state index in [1.54, 1.807) is 0 Å². The molecule has 4 nitrogen and oxygen atoms in total. The molecule has 0 atom stereocenters. The monoisotopic (exact) mass is 354 g/mol. The Kier molecular flexibility index (Phi) is 5.42. The third-order valence-electron chi connectivity index (χ3n) is 2.20. The van der Waals surface area contributed by atoms with Gasteiger partial charge >= 0.3 is 0 Å². The molecule has 1 rings (SSSR count). The number of nitrogens with zero attached hydrogens (tertiary/aromatic N) is 2. The fraction of sp³-hybridized carbons (Fsp3) is 0.700. The van der Waals surface area contributed by atoms with E-state index in [4.69, 9.17) is 9.84 Å². The highest BCUT2D eigenvalue weighted by Crippen LogP contribution is 2.09. The summed E-state index contributed by atoms with van der Waals surface area (Å²) in [5, 5.41) is 9.08. The van der Waals surface area contributed by atoms with E-state index in [0.717, 1.165) is 16.4 Å². The molecule has 0 amide bonds. The van der Waals surface area contributed by atoms with Crippen LogP contribution in [0.1, 0.15) is 5.82 Å². The maximum Gasteiger partial charge on any atom is 0.137 e. The summed E-state index contributed by atoms with van der Waals surface area (Å²) in [6, 6.07) is 1.16. The van der Waals surface area contributed by atoms with E-state index in [-0.39, 0.29) is 6.61 Å². The summed E-state index contributed by atoms with van der Waals surface area (Å²) in [6.07, 6.45) is 1.89. The summed E-state index contributed by atoms with van der Waals surface area (Å²) in [7, 11) is -1.01. The van der Waals surface area contributed by atoms with Crippen molar-refractivity contribution in [2.75, 3.05) is 6.61 Å². The first-order valence-electron chi connectivity index (χ1n) is 5.32. The van der Waals surface area contributed by atoms with Gasteiger partial charge in [0.05, 0.1) is 0 Å². The van der Waals surface area contributed by atoms with Gasteiger partial charge < -0.3 is 14.4 Å². The molecule has 0 spiro atoms. The Bertz CT molecular complexity index is 336. The van der Waals surface area contributed by atoms with Crippen molar-refractivity contribution in [1.29, 1.82) is 0 Å². The Labute approximate surface area is 111 Å². The van der Waals surface area contributed by atoms with Crippen LogP contribution in [0, 0.1) is 3.70 Å². The number of hydrogen-bond acceptors (Lipinski definition) is 3. The van der Waals surface area contributed by atoms with E-state index >= 15 is 0 Å². The second kappa shape index (κ2) is 6.13. The van der Waals surface area contributed by atoms with Crippen LogP contribution in [0.3, 0.4) is 0 Å². The Hall–Kier alpha value is 0.0769. The molecule has 0 fully saturated rings. The van der Waals surface area contributed by atoms with Gasteiger partial charge in [-0.3, -0.25) is 0 Å². The average molecular weight is 354 g/mol. The third-order valence-corrected chi connectivity index (χ3v) is 4.42. The zero-order chi connectivity index (χ0) is 12.2. The molecule has 1 heterocycles. The smallest absolute Gasteiger partial charge is 0.137 e. The van der Waals surface area contributed by atoms with Gasteiger partial charge in [0, 0.05) is 20.9 Å².